The third kappa shape index (κ3) is 7.46. The van der Waals surface area contributed by atoms with Gasteiger partial charge in [0.05, 0.1) is 11.0 Å². The highest BCUT2D eigenvalue weighted by molar-refractivity contribution is 6.09. The Bertz CT molecular complexity index is 4440. The SMILES string of the molecule is CC1CC=Cc2c(N(c3ccc4c(c3)C(C)(C)c3ccccc3-4)C3(C)C=CC(c4cccc5c4oc4ccccc45)=CC3)ccc(-c3ccc4c(c3)C(c3ccccc3)(c3ccccc3)c3c-4cc(-c4ccccc4)cc3C(C)(C)C)c21. The van der Waals surface area contributed by atoms with Crippen LogP contribution >= 0.6 is 0 Å². The average molecular weight is 1060 g/mol. The summed E-state index contributed by atoms with van der Waals surface area (Å²) in [5.74, 6) is 0.273. The third-order valence-corrected chi connectivity index (χ3v) is 19.0. The van der Waals surface area contributed by atoms with Crippen LogP contribution in [0.5, 0.6) is 0 Å². The van der Waals surface area contributed by atoms with Crippen LogP contribution in [0.25, 0.3) is 78.1 Å². The van der Waals surface area contributed by atoms with Crippen molar-refractivity contribution in [1.82, 2.24) is 0 Å². The van der Waals surface area contributed by atoms with Gasteiger partial charge in [0, 0.05) is 38.7 Å². The maximum atomic E-state index is 6.63. The Morgan fingerprint density at radius 1 is 0.512 bits per heavy atom. The van der Waals surface area contributed by atoms with Crippen LogP contribution < -0.4 is 4.90 Å². The van der Waals surface area contributed by atoms with Crippen LogP contribution in [0.4, 0.5) is 11.4 Å². The Hall–Kier alpha value is -8.98. The summed E-state index contributed by atoms with van der Waals surface area (Å²) in [4.78, 5) is 2.68. The molecule has 0 N–H and O–H groups in total. The lowest BCUT2D eigenvalue weighted by Gasteiger charge is -2.44. The van der Waals surface area contributed by atoms with Gasteiger partial charge in [-0.2, -0.15) is 0 Å². The van der Waals surface area contributed by atoms with Crippen LogP contribution in [-0.4, -0.2) is 5.54 Å². The van der Waals surface area contributed by atoms with Crippen molar-refractivity contribution in [2.24, 2.45) is 0 Å². The van der Waals surface area contributed by atoms with Crippen LogP contribution in [0, 0.1) is 0 Å². The number of benzene rings is 10. The molecule has 11 aromatic rings. The highest BCUT2D eigenvalue weighted by Crippen LogP contribution is 2.61. The monoisotopic (exact) mass is 1060 g/mol. The van der Waals surface area contributed by atoms with E-state index in [1.54, 1.807) is 0 Å². The fourth-order valence-electron chi connectivity index (χ4n) is 15.1. The smallest absolute Gasteiger partial charge is 0.143 e. The number of para-hydroxylation sites is 2. The minimum Gasteiger partial charge on any atom is -0.455 e. The predicted octanol–water partition coefficient (Wildman–Crippen LogP) is 21.3. The molecule has 82 heavy (non-hydrogen) atoms. The molecule has 2 nitrogen and oxygen atoms in total. The van der Waals surface area contributed by atoms with Crippen molar-refractivity contribution in [1.29, 1.82) is 0 Å². The van der Waals surface area contributed by atoms with E-state index in [1.165, 1.54) is 112 Å². The molecule has 2 heteroatoms. The molecule has 0 spiro atoms. The van der Waals surface area contributed by atoms with Crippen molar-refractivity contribution in [3.63, 3.8) is 0 Å². The average Bonchev–Trinajstić information content (AvgIpc) is 1.94. The van der Waals surface area contributed by atoms with Gasteiger partial charge in [-0.05, 0) is 162 Å². The molecule has 1 heterocycles. The van der Waals surface area contributed by atoms with Gasteiger partial charge < -0.3 is 9.32 Å². The maximum Gasteiger partial charge on any atom is 0.143 e. The standard InChI is InChI=1S/C80H67NO/c1-51-23-21-34-66-72(81(58-38-40-62-61-30-17-19-35-68(61)78(5,6)69(62)50-58)79(7)45-43-53(44-46-79)60-32-22-33-65-64-31-18-20-36-73(64)82-76(60)65)42-41-59(74(51)66)54-37-39-63-67-47-55(52-24-11-8-12-25-52)49-71(77(2,3)4)75(67)80(70(63)48-54,56-26-13-9-14-27-56)57-28-15-10-16-29-57/h8-22,24-45,47-51H,23,46H2,1-7H3. The molecule has 2 atom stereocenters. The van der Waals surface area contributed by atoms with Gasteiger partial charge in [-0.1, -0.05) is 254 Å². The normalized spacial score (nSPS) is 17.9. The lowest BCUT2D eigenvalue weighted by atomic mass is 9.64. The van der Waals surface area contributed by atoms with E-state index in [1.807, 2.05) is 0 Å². The van der Waals surface area contributed by atoms with Gasteiger partial charge in [-0.25, -0.2) is 0 Å². The van der Waals surface area contributed by atoms with Crippen molar-refractivity contribution >= 4 is 45.0 Å². The van der Waals surface area contributed by atoms with Crippen molar-refractivity contribution < 1.29 is 4.42 Å². The minimum absolute atomic E-state index is 0.161. The zero-order valence-electron chi connectivity index (χ0n) is 48.0. The van der Waals surface area contributed by atoms with Crippen molar-refractivity contribution in [3.8, 4) is 44.5 Å². The lowest BCUT2D eigenvalue weighted by molar-refractivity contribution is 0.569. The van der Waals surface area contributed by atoms with E-state index >= 15 is 0 Å². The largest absolute Gasteiger partial charge is 0.455 e. The summed E-state index contributed by atoms with van der Waals surface area (Å²) < 4.78 is 6.63. The van der Waals surface area contributed by atoms with Crippen LogP contribution in [0.3, 0.4) is 0 Å². The molecule has 1 aromatic heterocycles. The molecular weight excluding hydrogens is 991 g/mol. The summed E-state index contributed by atoms with van der Waals surface area (Å²) in [6.07, 6.45) is 13.9. The number of hydrogen-bond donors (Lipinski definition) is 0. The summed E-state index contributed by atoms with van der Waals surface area (Å²) in [6.45, 7) is 16.8. The van der Waals surface area contributed by atoms with Gasteiger partial charge in [0.1, 0.15) is 11.2 Å². The van der Waals surface area contributed by atoms with Crippen molar-refractivity contribution in [2.45, 2.75) is 89.0 Å². The van der Waals surface area contributed by atoms with E-state index in [9.17, 15) is 0 Å². The van der Waals surface area contributed by atoms with E-state index < -0.39 is 11.0 Å². The van der Waals surface area contributed by atoms with Gasteiger partial charge in [-0.15, -0.1) is 0 Å². The molecule has 4 aliphatic rings. The first kappa shape index (κ1) is 50.0. The van der Waals surface area contributed by atoms with Gasteiger partial charge in [0.25, 0.3) is 0 Å². The highest BCUT2D eigenvalue weighted by atomic mass is 16.3. The molecule has 0 amide bonds. The molecule has 0 radical (unpaired) electrons. The Morgan fingerprint density at radius 3 is 1.90 bits per heavy atom. The fourth-order valence-corrected chi connectivity index (χ4v) is 15.1. The zero-order valence-corrected chi connectivity index (χ0v) is 48.0. The number of allylic oxidation sites excluding steroid dienone is 3. The van der Waals surface area contributed by atoms with Gasteiger partial charge in [-0.3, -0.25) is 0 Å². The number of anilines is 2. The second kappa shape index (κ2) is 18.5. The second-order valence-corrected chi connectivity index (χ2v) is 25.4. The quantitative estimate of drug-likeness (QED) is 0.151. The van der Waals surface area contributed by atoms with Crippen molar-refractivity contribution in [2.75, 3.05) is 4.90 Å². The second-order valence-electron chi connectivity index (χ2n) is 25.4. The van der Waals surface area contributed by atoms with Crippen LogP contribution in [0.1, 0.15) is 123 Å². The molecule has 15 rings (SSSR count). The first-order valence-electron chi connectivity index (χ1n) is 29.5. The topological polar surface area (TPSA) is 16.4 Å². The lowest BCUT2D eigenvalue weighted by Crippen LogP contribution is -2.43. The Morgan fingerprint density at radius 2 is 1.16 bits per heavy atom. The minimum atomic E-state index is -0.589. The molecule has 2 unspecified atom stereocenters. The van der Waals surface area contributed by atoms with E-state index in [0.717, 1.165) is 40.3 Å². The van der Waals surface area contributed by atoms with Gasteiger partial charge >= 0.3 is 0 Å². The zero-order chi connectivity index (χ0) is 55.7. The third-order valence-electron chi connectivity index (χ3n) is 19.0. The Kier molecular flexibility index (Phi) is 11.3. The molecule has 0 saturated carbocycles. The predicted molar refractivity (Wildman–Crippen MR) is 345 cm³/mol. The number of rotatable bonds is 8. The summed E-state index contributed by atoms with van der Waals surface area (Å²) in [6, 6.07) is 82.3. The number of fused-ring (bicyclic) bond motifs is 10. The molecule has 10 aromatic carbocycles. The molecule has 0 fully saturated rings. The molecule has 4 aliphatic carbocycles. The van der Waals surface area contributed by atoms with E-state index in [2.05, 4.69) is 302 Å². The van der Waals surface area contributed by atoms with Crippen LogP contribution in [0.15, 0.2) is 247 Å². The Labute approximate surface area is 483 Å². The number of furan rings is 1. The summed E-state index contributed by atoms with van der Waals surface area (Å²) >= 11 is 0. The highest BCUT2D eigenvalue weighted by Gasteiger charge is 2.49. The van der Waals surface area contributed by atoms with E-state index in [-0.39, 0.29) is 16.7 Å². The summed E-state index contributed by atoms with van der Waals surface area (Å²) in [7, 11) is 0. The summed E-state index contributed by atoms with van der Waals surface area (Å²) in [5.41, 5.74) is 27.6. The van der Waals surface area contributed by atoms with Crippen molar-refractivity contribution in [3.05, 3.63) is 298 Å². The molecular formula is C80H67NO. The molecule has 0 bridgehead atoms. The molecule has 0 aliphatic heterocycles. The fraction of sp³-hybridized carbons (Fsp3) is 0.175. The maximum absolute atomic E-state index is 6.63. The number of nitrogens with zero attached hydrogens (tertiary/aromatic N) is 1. The van der Waals surface area contributed by atoms with E-state index in [0.29, 0.717) is 0 Å². The first-order valence-corrected chi connectivity index (χ1v) is 29.5. The first-order chi connectivity index (χ1) is 39.8. The number of hydrogen-bond acceptors (Lipinski definition) is 2. The van der Waals surface area contributed by atoms with Gasteiger partial charge in [0.15, 0.2) is 0 Å². The molecule has 398 valence electrons. The molecule has 0 saturated heterocycles. The van der Waals surface area contributed by atoms with Crippen LogP contribution in [-0.2, 0) is 16.2 Å². The van der Waals surface area contributed by atoms with Crippen LogP contribution in [0.2, 0.25) is 0 Å². The summed E-state index contributed by atoms with van der Waals surface area (Å²) in [5, 5.41) is 2.30. The Balaban J connectivity index is 0.930. The van der Waals surface area contributed by atoms with Gasteiger partial charge in [0.2, 0.25) is 0 Å². The van der Waals surface area contributed by atoms with E-state index in [4.69, 9.17) is 4.42 Å².